The summed E-state index contributed by atoms with van der Waals surface area (Å²) in [4.78, 5) is 2.24. The first-order valence-electron chi connectivity index (χ1n) is 5.03. The Labute approximate surface area is 96.4 Å². The monoisotopic (exact) mass is 260 g/mol. The molecule has 3 heteroatoms. The summed E-state index contributed by atoms with van der Waals surface area (Å²) in [5.41, 5.74) is 0.324. The van der Waals surface area contributed by atoms with E-state index in [4.69, 9.17) is 5.26 Å². The van der Waals surface area contributed by atoms with Crippen LogP contribution in [0.4, 0.5) is 0 Å². The highest BCUT2D eigenvalue weighted by atomic mass is 79.9. The van der Waals surface area contributed by atoms with Crippen molar-refractivity contribution in [3.63, 3.8) is 0 Å². The van der Waals surface area contributed by atoms with Crippen LogP contribution in [-0.2, 0) is 0 Å². The maximum absolute atomic E-state index is 8.48. The molecule has 0 amide bonds. The molecule has 0 aliphatic carbocycles. The Balaban J connectivity index is 4.00. The van der Waals surface area contributed by atoms with E-state index in [2.05, 4.69) is 54.7 Å². The molecular weight excluding hydrogens is 240 g/mol. The van der Waals surface area contributed by atoms with E-state index in [1.807, 2.05) is 0 Å². The van der Waals surface area contributed by atoms with E-state index in [9.17, 15) is 0 Å². The SMILES string of the molecule is CN(CCC#N)CC(CBr)C(C)(C)C. The third-order valence-electron chi connectivity index (χ3n) is 2.55. The largest absolute Gasteiger partial charge is 0.305 e. The van der Waals surface area contributed by atoms with Crippen molar-refractivity contribution >= 4 is 15.9 Å². The summed E-state index contributed by atoms with van der Waals surface area (Å²) in [6.45, 7) is 8.71. The standard InChI is InChI=1S/C11H21BrN2/c1-11(2,3)10(8-12)9-14(4)7-5-6-13/h10H,5,7-9H2,1-4H3. The second kappa shape index (κ2) is 6.42. The Hall–Kier alpha value is -0.0700. The van der Waals surface area contributed by atoms with Crippen LogP contribution in [0.2, 0.25) is 0 Å². The smallest absolute Gasteiger partial charge is 0.0635 e. The van der Waals surface area contributed by atoms with Gasteiger partial charge in [0.1, 0.15) is 0 Å². The van der Waals surface area contributed by atoms with E-state index >= 15 is 0 Å². The average molecular weight is 261 g/mol. The Kier molecular flexibility index (Phi) is 6.39. The van der Waals surface area contributed by atoms with Gasteiger partial charge < -0.3 is 4.90 Å². The molecule has 0 saturated heterocycles. The van der Waals surface area contributed by atoms with Gasteiger partial charge in [-0.3, -0.25) is 0 Å². The Morgan fingerprint density at radius 1 is 1.43 bits per heavy atom. The molecule has 0 aliphatic rings. The van der Waals surface area contributed by atoms with Crippen LogP contribution in [0.5, 0.6) is 0 Å². The molecule has 0 aromatic rings. The Morgan fingerprint density at radius 3 is 2.36 bits per heavy atom. The molecule has 0 N–H and O–H groups in total. The molecule has 0 spiro atoms. The van der Waals surface area contributed by atoms with Gasteiger partial charge in [0.25, 0.3) is 0 Å². The molecule has 0 rings (SSSR count). The fraction of sp³-hybridized carbons (Fsp3) is 0.909. The predicted molar refractivity (Wildman–Crippen MR) is 64.5 cm³/mol. The summed E-state index contributed by atoms with van der Waals surface area (Å²) in [7, 11) is 2.08. The minimum Gasteiger partial charge on any atom is -0.305 e. The molecule has 0 aromatic heterocycles. The van der Waals surface area contributed by atoms with Gasteiger partial charge in [0.15, 0.2) is 0 Å². The van der Waals surface area contributed by atoms with E-state index in [0.29, 0.717) is 17.8 Å². The number of hydrogen-bond acceptors (Lipinski definition) is 2. The zero-order chi connectivity index (χ0) is 11.2. The minimum absolute atomic E-state index is 0.324. The summed E-state index contributed by atoms with van der Waals surface area (Å²) in [5.74, 6) is 0.631. The third kappa shape index (κ3) is 5.62. The molecule has 0 radical (unpaired) electrons. The highest BCUT2D eigenvalue weighted by Crippen LogP contribution is 2.27. The summed E-state index contributed by atoms with van der Waals surface area (Å²) in [6, 6.07) is 2.18. The summed E-state index contributed by atoms with van der Waals surface area (Å²) in [5, 5.41) is 9.50. The second-order valence-corrected chi connectivity index (χ2v) is 5.54. The van der Waals surface area contributed by atoms with Gasteiger partial charge in [-0.2, -0.15) is 5.26 Å². The summed E-state index contributed by atoms with van der Waals surface area (Å²) < 4.78 is 0. The zero-order valence-corrected chi connectivity index (χ0v) is 11.3. The van der Waals surface area contributed by atoms with Crippen LogP contribution in [0.3, 0.4) is 0 Å². The van der Waals surface area contributed by atoms with Crippen molar-refractivity contribution in [1.82, 2.24) is 4.90 Å². The van der Waals surface area contributed by atoms with Crippen molar-refractivity contribution in [3.8, 4) is 6.07 Å². The van der Waals surface area contributed by atoms with Crippen molar-refractivity contribution in [2.75, 3.05) is 25.5 Å². The first-order chi connectivity index (χ1) is 6.41. The van der Waals surface area contributed by atoms with Crippen LogP contribution in [0.15, 0.2) is 0 Å². The molecular formula is C11H21BrN2. The van der Waals surface area contributed by atoms with Crippen LogP contribution >= 0.6 is 15.9 Å². The Bertz CT molecular complexity index is 190. The molecule has 2 nitrogen and oxygen atoms in total. The molecule has 1 unspecified atom stereocenters. The number of rotatable bonds is 5. The number of nitrogens with zero attached hydrogens (tertiary/aromatic N) is 2. The molecule has 0 fully saturated rings. The van der Waals surface area contributed by atoms with Crippen molar-refractivity contribution in [3.05, 3.63) is 0 Å². The van der Waals surface area contributed by atoms with Crippen molar-refractivity contribution < 1.29 is 0 Å². The molecule has 0 aliphatic heterocycles. The minimum atomic E-state index is 0.324. The molecule has 82 valence electrons. The highest BCUT2D eigenvalue weighted by Gasteiger charge is 2.24. The van der Waals surface area contributed by atoms with Gasteiger partial charge >= 0.3 is 0 Å². The third-order valence-corrected chi connectivity index (χ3v) is 3.33. The highest BCUT2D eigenvalue weighted by molar-refractivity contribution is 9.09. The topological polar surface area (TPSA) is 27.0 Å². The van der Waals surface area contributed by atoms with Crippen molar-refractivity contribution in [1.29, 1.82) is 5.26 Å². The fourth-order valence-corrected chi connectivity index (χ4v) is 2.44. The van der Waals surface area contributed by atoms with Gasteiger partial charge in [0.2, 0.25) is 0 Å². The first kappa shape index (κ1) is 13.9. The summed E-state index contributed by atoms with van der Waals surface area (Å²) in [6.07, 6.45) is 0.621. The molecule has 0 bridgehead atoms. The Morgan fingerprint density at radius 2 is 2.00 bits per heavy atom. The normalized spacial score (nSPS) is 14.1. The van der Waals surface area contributed by atoms with Crippen molar-refractivity contribution in [2.24, 2.45) is 11.3 Å². The van der Waals surface area contributed by atoms with Crippen LogP contribution in [0.25, 0.3) is 0 Å². The van der Waals surface area contributed by atoms with E-state index < -0.39 is 0 Å². The number of alkyl halides is 1. The van der Waals surface area contributed by atoms with Crippen LogP contribution in [0.1, 0.15) is 27.2 Å². The van der Waals surface area contributed by atoms with Gasteiger partial charge in [-0.05, 0) is 18.4 Å². The van der Waals surface area contributed by atoms with E-state index in [0.717, 1.165) is 18.4 Å². The van der Waals surface area contributed by atoms with E-state index in [-0.39, 0.29) is 0 Å². The fourth-order valence-electron chi connectivity index (χ4n) is 1.26. The van der Waals surface area contributed by atoms with Gasteiger partial charge in [-0.15, -0.1) is 0 Å². The molecule has 14 heavy (non-hydrogen) atoms. The van der Waals surface area contributed by atoms with Gasteiger partial charge in [0.05, 0.1) is 6.07 Å². The summed E-state index contributed by atoms with van der Waals surface area (Å²) >= 11 is 3.56. The van der Waals surface area contributed by atoms with Gasteiger partial charge in [-0.25, -0.2) is 0 Å². The first-order valence-corrected chi connectivity index (χ1v) is 6.15. The predicted octanol–water partition coefficient (Wildman–Crippen LogP) is 2.89. The van der Waals surface area contributed by atoms with Gasteiger partial charge in [0, 0.05) is 24.8 Å². The van der Waals surface area contributed by atoms with E-state index in [1.54, 1.807) is 0 Å². The zero-order valence-electron chi connectivity index (χ0n) is 9.68. The maximum Gasteiger partial charge on any atom is 0.0635 e. The number of halogens is 1. The molecule has 0 heterocycles. The molecule has 0 saturated carbocycles. The lowest BCUT2D eigenvalue weighted by Crippen LogP contribution is -2.34. The average Bonchev–Trinajstić information content (AvgIpc) is 2.08. The lowest BCUT2D eigenvalue weighted by molar-refractivity contribution is 0.190. The lowest BCUT2D eigenvalue weighted by atomic mass is 9.82. The van der Waals surface area contributed by atoms with Crippen LogP contribution in [0, 0.1) is 22.7 Å². The van der Waals surface area contributed by atoms with Gasteiger partial charge in [-0.1, -0.05) is 36.7 Å². The molecule has 1 atom stereocenters. The quantitative estimate of drug-likeness (QED) is 0.711. The van der Waals surface area contributed by atoms with Crippen LogP contribution < -0.4 is 0 Å². The van der Waals surface area contributed by atoms with Crippen LogP contribution in [-0.4, -0.2) is 30.4 Å². The van der Waals surface area contributed by atoms with Crippen molar-refractivity contribution in [2.45, 2.75) is 27.2 Å². The number of nitriles is 1. The molecule has 0 aromatic carbocycles. The maximum atomic E-state index is 8.48. The lowest BCUT2D eigenvalue weighted by Gasteiger charge is -2.32. The number of hydrogen-bond donors (Lipinski definition) is 0. The second-order valence-electron chi connectivity index (χ2n) is 4.89. The van der Waals surface area contributed by atoms with E-state index in [1.165, 1.54) is 0 Å².